The molecule has 0 saturated carbocycles. The molecule has 52 valence electrons. The highest BCUT2D eigenvalue weighted by molar-refractivity contribution is 5.91. The van der Waals surface area contributed by atoms with Gasteiger partial charge in [0.15, 0.2) is 12.2 Å². The third kappa shape index (κ3) is 1.85. The van der Waals surface area contributed by atoms with Gasteiger partial charge in [0.05, 0.1) is 6.20 Å². The molecule has 0 unspecified atom stereocenters. The summed E-state index contributed by atoms with van der Waals surface area (Å²) in [6.07, 6.45) is 5.87. The maximum absolute atomic E-state index is 10.4. The monoisotopic (exact) mass is 137 g/mol. The summed E-state index contributed by atoms with van der Waals surface area (Å²) in [7, 11) is 0. The fourth-order valence-electron chi connectivity index (χ4n) is 0.507. The predicted octanol–water partition coefficient (Wildman–Crippen LogP) is 1.28. The Bertz CT molecular complexity index is 236. The fraction of sp³-hybridized carbons (Fsp3) is 0.143. The van der Waals surface area contributed by atoms with Gasteiger partial charge in [0, 0.05) is 0 Å². The number of allylic oxidation sites excluding steroid dienone is 1. The van der Waals surface area contributed by atoms with Crippen LogP contribution in [0, 0.1) is 0 Å². The predicted molar refractivity (Wildman–Crippen MR) is 36.2 cm³/mol. The van der Waals surface area contributed by atoms with Gasteiger partial charge in [-0.25, -0.2) is 4.98 Å². The standard InChI is InChI=1S/C7H7NO2/c1-6(9)2-3-7-4-8-5-10-7/h2-5H,1H3/b3-2+. The summed E-state index contributed by atoms with van der Waals surface area (Å²) < 4.78 is 4.83. The van der Waals surface area contributed by atoms with Crippen molar-refractivity contribution in [3.05, 3.63) is 24.4 Å². The molecule has 0 spiro atoms. The van der Waals surface area contributed by atoms with Crippen LogP contribution in [0.5, 0.6) is 0 Å². The summed E-state index contributed by atoms with van der Waals surface area (Å²) in [5.41, 5.74) is 0. The van der Waals surface area contributed by atoms with Crippen LogP contribution in [-0.4, -0.2) is 10.8 Å². The molecular weight excluding hydrogens is 130 g/mol. The van der Waals surface area contributed by atoms with E-state index in [1.807, 2.05) is 0 Å². The van der Waals surface area contributed by atoms with Crippen molar-refractivity contribution in [2.45, 2.75) is 6.92 Å². The van der Waals surface area contributed by atoms with Gasteiger partial charge in [-0.2, -0.15) is 0 Å². The van der Waals surface area contributed by atoms with E-state index in [2.05, 4.69) is 4.98 Å². The topological polar surface area (TPSA) is 43.1 Å². The molecular formula is C7H7NO2. The van der Waals surface area contributed by atoms with Gasteiger partial charge >= 0.3 is 0 Å². The van der Waals surface area contributed by atoms with Crippen molar-refractivity contribution in [2.75, 3.05) is 0 Å². The Morgan fingerprint density at radius 3 is 3.10 bits per heavy atom. The zero-order valence-corrected chi connectivity index (χ0v) is 5.57. The highest BCUT2D eigenvalue weighted by atomic mass is 16.3. The Morgan fingerprint density at radius 2 is 2.60 bits per heavy atom. The first-order valence-electron chi connectivity index (χ1n) is 2.86. The Kier molecular flexibility index (Phi) is 1.99. The van der Waals surface area contributed by atoms with E-state index in [0.29, 0.717) is 5.76 Å². The quantitative estimate of drug-likeness (QED) is 0.576. The number of hydrogen-bond donors (Lipinski definition) is 0. The zero-order valence-electron chi connectivity index (χ0n) is 5.57. The normalized spacial score (nSPS) is 10.5. The molecule has 0 aromatic carbocycles. The van der Waals surface area contributed by atoms with Crippen molar-refractivity contribution >= 4 is 11.9 Å². The van der Waals surface area contributed by atoms with Gasteiger partial charge in [-0.15, -0.1) is 0 Å². The molecule has 3 heteroatoms. The van der Waals surface area contributed by atoms with Crippen LogP contribution in [-0.2, 0) is 4.79 Å². The van der Waals surface area contributed by atoms with Crippen molar-refractivity contribution in [3.63, 3.8) is 0 Å². The molecule has 0 aliphatic carbocycles. The number of ketones is 1. The van der Waals surface area contributed by atoms with Crippen LogP contribution < -0.4 is 0 Å². The van der Waals surface area contributed by atoms with E-state index in [9.17, 15) is 4.79 Å². The third-order valence-electron chi connectivity index (χ3n) is 0.934. The summed E-state index contributed by atoms with van der Waals surface area (Å²) in [6, 6.07) is 0. The number of carbonyl (C=O) groups is 1. The molecule has 0 atom stereocenters. The van der Waals surface area contributed by atoms with Gasteiger partial charge in [-0.3, -0.25) is 4.79 Å². The molecule has 0 saturated heterocycles. The van der Waals surface area contributed by atoms with Crippen molar-refractivity contribution in [1.82, 2.24) is 4.98 Å². The van der Waals surface area contributed by atoms with Gasteiger partial charge in [-0.1, -0.05) is 0 Å². The van der Waals surface area contributed by atoms with Crippen molar-refractivity contribution in [3.8, 4) is 0 Å². The molecule has 0 aliphatic rings. The van der Waals surface area contributed by atoms with Crippen LogP contribution in [0.2, 0.25) is 0 Å². The van der Waals surface area contributed by atoms with E-state index in [1.165, 1.54) is 19.4 Å². The summed E-state index contributed by atoms with van der Waals surface area (Å²) in [5, 5.41) is 0. The Labute approximate surface area is 58.4 Å². The number of aromatic nitrogens is 1. The van der Waals surface area contributed by atoms with Gasteiger partial charge in [0.1, 0.15) is 5.76 Å². The summed E-state index contributed by atoms with van der Waals surface area (Å²) in [5.74, 6) is 0.589. The third-order valence-corrected chi connectivity index (χ3v) is 0.934. The lowest BCUT2D eigenvalue weighted by atomic mass is 10.3. The van der Waals surface area contributed by atoms with Crippen LogP contribution in [0.3, 0.4) is 0 Å². The number of rotatable bonds is 2. The van der Waals surface area contributed by atoms with Gasteiger partial charge < -0.3 is 4.42 Å². The molecule has 1 rings (SSSR count). The first-order chi connectivity index (χ1) is 4.79. The second-order valence-corrected chi connectivity index (χ2v) is 1.85. The van der Waals surface area contributed by atoms with Crippen molar-refractivity contribution < 1.29 is 9.21 Å². The fourth-order valence-corrected chi connectivity index (χ4v) is 0.507. The molecule has 1 heterocycles. The number of carbonyl (C=O) groups excluding carboxylic acids is 1. The minimum absolute atomic E-state index is 0.00333. The SMILES string of the molecule is CC(=O)/C=C/c1cnco1. The van der Waals surface area contributed by atoms with E-state index < -0.39 is 0 Å². The lowest BCUT2D eigenvalue weighted by Crippen LogP contribution is -1.78. The second kappa shape index (κ2) is 2.96. The van der Waals surface area contributed by atoms with Crippen molar-refractivity contribution in [2.24, 2.45) is 0 Å². The minimum atomic E-state index is -0.00333. The maximum Gasteiger partial charge on any atom is 0.181 e. The largest absolute Gasteiger partial charge is 0.444 e. The zero-order chi connectivity index (χ0) is 7.40. The number of nitrogens with zero attached hydrogens (tertiary/aromatic N) is 1. The van der Waals surface area contributed by atoms with Crippen LogP contribution >= 0.6 is 0 Å². The van der Waals surface area contributed by atoms with Gasteiger partial charge in [0.2, 0.25) is 0 Å². The maximum atomic E-state index is 10.4. The van der Waals surface area contributed by atoms with E-state index >= 15 is 0 Å². The van der Waals surface area contributed by atoms with E-state index in [1.54, 1.807) is 12.3 Å². The van der Waals surface area contributed by atoms with E-state index in [0.717, 1.165) is 0 Å². The average Bonchev–Trinajstić information content (AvgIpc) is 2.34. The Hall–Kier alpha value is -1.38. The highest BCUT2D eigenvalue weighted by Gasteiger charge is 1.88. The molecule has 0 bridgehead atoms. The molecule has 3 nitrogen and oxygen atoms in total. The summed E-state index contributed by atoms with van der Waals surface area (Å²) in [6.45, 7) is 1.48. The van der Waals surface area contributed by atoms with Crippen LogP contribution in [0.15, 0.2) is 23.1 Å². The van der Waals surface area contributed by atoms with E-state index in [-0.39, 0.29) is 5.78 Å². The molecule has 0 radical (unpaired) electrons. The Balaban J connectivity index is 2.64. The number of oxazole rings is 1. The van der Waals surface area contributed by atoms with Gasteiger partial charge in [-0.05, 0) is 19.1 Å². The highest BCUT2D eigenvalue weighted by Crippen LogP contribution is 1.98. The average molecular weight is 137 g/mol. The molecule has 0 N–H and O–H groups in total. The Morgan fingerprint density at radius 1 is 1.80 bits per heavy atom. The summed E-state index contributed by atoms with van der Waals surface area (Å²) >= 11 is 0. The first-order valence-corrected chi connectivity index (χ1v) is 2.86. The molecule has 10 heavy (non-hydrogen) atoms. The minimum Gasteiger partial charge on any atom is -0.444 e. The number of hydrogen-bond acceptors (Lipinski definition) is 3. The molecule has 1 aromatic rings. The lowest BCUT2D eigenvalue weighted by molar-refractivity contribution is -0.112. The van der Waals surface area contributed by atoms with Crippen molar-refractivity contribution in [1.29, 1.82) is 0 Å². The summed E-state index contributed by atoms with van der Waals surface area (Å²) in [4.78, 5) is 14.1. The molecule has 0 fully saturated rings. The molecule has 0 aliphatic heterocycles. The smallest absolute Gasteiger partial charge is 0.181 e. The molecule has 1 aromatic heterocycles. The lowest BCUT2D eigenvalue weighted by Gasteiger charge is -1.78. The van der Waals surface area contributed by atoms with E-state index in [4.69, 9.17) is 4.42 Å². The second-order valence-electron chi connectivity index (χ2n) is 1.85. The van der Waals surface area contributed by atoms with Gasteiger partial charge in [0.25, 0.3) is 0 Å². The van der Waals surface area contributed by atoms with Crippen LogP contribution in [0.4, 0.5) is 0 Å². The molecule has 0 amide bonds. The van der Waals surface area contributed by atoms with Crippen LogP contribution in [0.25, 0.3) is 6.08 Å². The van der Waals surface area contributed by atoms with Crippen LogP contribution in [0.1, 0.15) is 12.7 Å². The first kappa shape index (κ1) is 6.74.